The van der Waals surface area contributed by atoms with E-state index >= 15 is 0 Å². The van der Waals surface area contributed by atoms with Gasteiger partial charge in [-0.3, -0.25) is 4.79 Å². The zero-order chi connectivity index (χ0) is 11.4. The van der Waals surface area contributed by atoms with Crippen molar-refractivity contribution < 1.29 is 9.53 Å². The Morgan fingerprint density at radius 1 is 1.12 bits per heavy atom. The Balaban J connectivity index is 2.27. The Morgan fingerprint density at radius 2 is 1.88 bits per heavy atom. The first-order valence-corrected chi connectivity index (χ1v) is 5.13. The van der Waals surface area contributed by atoms with Crippen LogP contribution in [0.15, 0.2) is 42.5 Å². The van der Waals surface area contributed by atoms with Crippen LogP contribution < -0.4 is 10.5 Å². The van der Waals surface area contributed by atoms with Gasteiger partial charge in [-0.1, -0.05) is 36.4 Å². The molecular formula is C13H13NO2. The molecule has 0 heterocycles. The van der Waals surface area contributed by atoms with Crippen LogP contribution >= 0.6 is 0 Å². The lowest BCUT2D eigenvalue weighted by Crippen LogP contribution is -2.20. The van der Waals surface area contributed by atoms with Crippen LogP contribution in [-0.2, 0) is 4.79 Å². The summed E-state index contributed by atoms with van der Waals surface area (Å²) in [6.07, 6.45) is 0. The van der Waals surface area contributed by atoms with E-state index in [-0.39, 0.29) is 18.9 Å². The summed E-state index contributed by atoms with van der Waals surface area (Å²) in [5.74, 6) is 0.618. The lowest BCUT2D eigenvalue weighted by atomic mass is 10.1. The van der Waals surface area contributed by atoms with Crippen molar-refractivity contribution in [1.82, 2.24) is 0 Å². The number of carbonyl (C=O) groups is 1. The molecule has 0 aliphatic heterocycles. The number of benzene rings is 2. The van der Waals surface area contributed by atoms with Gasteiger partial charge in [0, 0.05) is 5.39 Å². The lowest BCUT2D eigenvalue weighted by molar-refractivity contribution is -0.119. The third kappa shape index (κ3) is 2.20. The molecule has 16 heavy (non-hydrogen) atoms. The van der Waals surface area contributed by atoms with Gasteiger partial charge in [0.1, 0.15) is 12.4 Å². The van der Waals surface area contributed by atoms with Gasteiger partial charge in [0.25, 0.3) is 0 Å². The van der Waals surface area contributed by atoms with E-state index in [1.165, 1.54) is 0 Å². The van der Waals surface area contributed by atoms with Crippen molar-refractivity contribution in [3.63, 3.8) is 0 Å². The number of ketones is 1. The molecule has 0 bridgehead atoms. The first-order valence-electron chi connectivity index (χ1n) is 5.13. The van der Waals surface area contributed by atoms with E-state index in [2.05, 4.69) is 0 Å². The lowest BCUT2D eigenvalue weighted by Gasteiger charge is -2.07. The van der Waals surface area contributed by atoms with Crippen molar-refractivity contribution in [1.29, 1.82) is 0 Å². The summed E-state index contributed by atoms with van der Waals surface area (Å²) in [7, 11) is 0. The number of rotatable bonds is 4. The van der Waals surface area contributed by atoms with Crippen LogP contribution in [0.2, 0.25) is 0 Å². The second kappa shape index (κ2) is 4.77. The molecule has 3 nitrogen and oxygen atoms in total. The standard InChI is InChI=1S/C13H13NO2/c14-8-11(15)9-16-13-7-3-5-10-4-1-2-6-12(10)13/h1-7H,8-9,14H2. The molecule has 2 N–H and O–H groups in total. The molecule has 0 aromatic heterocycles. The minimum absolute atomic E-state index is 0.0186. The summed E-state index contributed by atoms with van der Waals surface area (Å²) < 4.78 is 5.44. The zero-order valence-electron chi connectivity index (χ0n) is 8.85. The molecule has 0 spiro atoms. The van der Waals surface area contributed by atoms with Crippen LogP contribution in [0, 0.1) is 0 Å². The Bertz CT molecular complexity index is 503. The maximum Gasteiger partial charge on any atom is 0.183 e. The number of carbonyl (C=O) groups excluding carboxylic acids is 1. The largest absolute Gasteiger partial charge is 0.485 e. The monoisotopic (exact) mass is 215 g/mol. The van der Waals surface area contributed by atoms with Gasteiger partial charge >= 0.3 is 0 Å². The summed E-state index contributed by atoms with van der Waals surface area (Å²) in [4.78, 5) is 11.1. The minimum atomic E-state index is -0.104. The average Bonchev–Trinajstić information content (AvgIpc) is 2.35. The van der Waals surface area contributed by atoms with E-state index in [0.717, 1.165) is 16.5 Å². The summed E-state index contributed by atoms with van der Waals surface area (Å²) in [5, 5.41) is 2.11. The zero-order valence-corrected chi connectivity index (χ0v) is 8.85. The van der Waals surface area contributed by atoms with E-state index in [0.29, 0.717) is 0 Å². The van der Waals surface area contributed by atoms with Gasteiger partial charge in [-0.15, -0.1) is 0 Å². The maximum absolute atomic E-state index is 11.1. The molecule has 0 unspecified atom stereocenters. The topological polar surface area (TPSA) is 52.3 Å². The Labute approximate surface area is 93.8 Å². The van der Waals surface area contributed by atoms with Crippen molar-refractivity contribution in [2.24, 2.45) is 5.73 Å². The SMILES string of the molecule is NCC(=O)COc1cccc2ccccc12. The molecule has 2 aromatic carbocycles. The molecule has 2 aromatic rings. The molecule has 0 fully saturated rings. The molecule has 0 saturated carbocycles. The smallest absolute Gasteiger partial charge is 0.183 e. The van der Waals surface area contributed by atoms with Gasteiger partial charge in [0.05, 0.1) is 6.54 Å². The molecule has 2 rings (SSSR count). The molecule has 0 amide bonds. The number of hydrogen-bond donors (Lipinski definition) is 1. The number of hydrogen-bond acceptors (Lipinski definition) is 3. The minimum Gasteiger partial charge on any atom is -0.485 e. The maximum atomic E-state index is 11.1. The number of fused-ring (bicyclic) bond motifs is 1. The van der Waals surface area contributed by atoms with Gasteiger partial charge in [-0.25, -0.2) is 0 Å². The van der Waals surface area contributed by atoms with Crippen molar-refractivity contribution in [2.75, 3.05) is 13.2 Å². The fraction of sp³-hybridized carbons (Fsp3) is 0.154. The Hall–Kier alpha value is -1.87. The second-order valence-corrected chi connectivity index (χ2v) is 3.51. The van der Waals surface area contributed by atoms with Gasteiger partial charge in [-0.05, 0) is 11.5 Å². The van der Waals surface area contributed by atoms with Gasteiger partial charge in [0.15, 0.2) is 5.78 Å². The molecule has 82 valence electrons. The van der Waals surface area contributed by atoms with Crippen LogP contribution in [0.3, 0.4) is 0 Å². The second-order valence-electron chi connectivity index (χ2n) is 3.51. The summed E-state index contributed by atoms with van der Waals surface area (Å²) >= 11 is 0. The number of Topliss-reactive ketones (excluding diaryl/α,β-unsaturated/α-hetero) is 1. The van der Waals surface area contributed by atoms with Gasteiger partial charge in [-0.2, -0.15) is 0 Å². The van der Waals surface area contributed by atoms with Crippen molar-refractivity contribution in [2.45, 2.75) is 0 Å². The average molecular weight is 215 g/mol. The quantitative estimate of drug-likeness (QED) is 0.845. The van der Waals surface area contributed by atoms with Gasteiger partial charge < -0.3 is 10.5 Å². The molecular weight excluding hydrogens is 202 g/mol. The number of nitrogens with two attached hydrogens (primary N) is 1. The molecule has 0 radical (unpaired) electrons. The molecule has 0 saturated heterocycles. The summed E-state index contributed by atoms with van der Waals surface area (Å²) in [6, 6.07) is 13.7. The molecule has 0 aliphatic carbocycles. The van der Waals surface area contributed by atoms with E-state index in [4.69, 9.17) is 10.5 Å². The highest BCUT2D eigenvalue weighted by Crippen LogP contribution is 2.24. The van der Waals surface area contributed by atoms with Crippen LogP contribution in [0.4, 0.5) is 0 Å². The van der Waals surface area contributed by atoms with Crippen molar-refractivity contribution in [3.05, 3.63) is 42.5 Å². The first kappa shape index (κ1) is 10.6. The highest BCUT2D eigenvalue weighted by Gasteiger charge is 2.03. The summed E-state index contributed by atoms with van der Waals surface area (Å²) in [6.45, 7) is 0.0509. The molecule has 3 heteroatoms. The van der Waals surface area contributed by atoms with Crippen molar-refractivity contribution in [3.8, 4) is 5.75 Å². The highest BCUT2D eigenvalue weighted by atomic mass is 16.5. The number of ether oxygens (including phenoxy) is 1. The van der Waals surface area contributed by atoms with E-state index < -0.39 is 0 Å². The summed E-state index contributed by atoms with van der Waals surface area (Å²) in [5.41, 5.74) is 5.22. The third-order valence-corrected chi connectivity index (χ3v) is 2.37. The third-order valence-electron chi connectivity index (χ3n) is 2.37. The molecule has 0 aliphatic rings. The van der Waals surface area contributed by atoms with Crippen LogP contribution in [-0.4, -0.2) is 18.9 Å². The molecule has 0 atom stereocenters. The predicted octanol–water partition coefficient (Wildman–Crippen LogP) is 1.75. The van der Waals surface area contributed by atoms with E-state index in [1.54, 1.807) is 0 Å². The van der Waals surface area contributed by atoms with E-state index in [1.807, 2.05) is 42.5 Å². The Kier molecular flexibility index (Phi) is 3.17. The normalized spacial score (nSPS) is 10.3. The van der Waals surface area contributed by atoms with Gasteiger partial charge in [0.2, 0.25) is 0 Å². The first-order chi connectivity index (χ1) is 7.81. The van der Waals surface area contributed by atoms with Crippen molar-refractivity contribution >= 4 is 16.6 Å². The van der Waals surface area contributed by atoms with Crippen LogP contribution in [0.5, 0.6) is 5.75 Å². The van der Waals surface area contributed by atoms with Crippen LogP contribution in [0.1, 0.15) is 0 Å². The fourth-order valence-electron chi connectivity index (χ4n) is 1.54. The fourth-order valence-corrected chi connectivity index (χ4v) is 1.54. The predicted molar refractivity (Wildman–Crippen MR) is 63.5 cm³/mol. The van der Waals surface area contributed by atoms with Crippen LogP contribution in [0.25, 0.3) is 10.8 Å². The Morgan fingerprint density at radius 3 is 2.69 bits per heavy atom. The van der Waals surface area contributed by atoms with E-state index in [9.17, 15) is 4.79 Å². The highest BCUT2D eigenvalue weighted by molar-refractivity contribution is 5.89.